The van der Waals surface area contributed by atoms with E-state index in [0.717, 1.165) is 21.1 Å². The number of ketones is 1. The summed E-state index contributed by atoms with van der Waals surface area (Å²) < 4.78 is 1.03. The number of aromatic nitrogens is 2. The van der Waals surface area contributed by atoms with Crippen LogP contribution in [0.15, 0.2) is 60.2 Å². The van der Waals surface area contributed by atoms with Crippen molar-refractivity contribution >= 4 is 38.2 Å². The predicted molar refractivity (Wildman–Crippen MR) is 84.8 cm³/mol. The van der Waals surface area contributed by atoms with Crippen molar-refractivity contribution in [3.63, 3.8) is 0 Å². The highest BCUT2D eigenvalue weighted by molar-refractivity contribution is 7.17. The van der Waals surface area contributed by atoms with E-state index in [4.69, 9.17) is 0 Å². The molecule has 4 heteroatoms. The minimum atomic E-state index is -0.0172. The number of nitrogens with zero attached hydrogens (tertiary/aromatic N) is 2. The molecule has 0 amide bonds. The Labute approximate surface area is 124 Å². The van der Waals surface area contributed by atoms with Crippen molar-refractivity contribution in [2.45, 2.75) is 0 Å². The van der Waals surface area contributed by atoms with E-state index in [1.165, 1.54) is 0 Å². The highest BCUT2D eigenvalue weighted by Crippen LogP contribution is 2.23. The Morgan fingerprint density at radius 3 is 2.90 bits per heavy atom. The molecule has 21 heavy (non-hydrogen) atoms. The standard InChI is InChI=1S/C17H10N2OS/c20-17(11-9-16-15(19-10-11)6-8-21-16)13-3-1-5-14-12(13)4-2-7-18-14/h1-10H. The van der Waals surface area contributed by atoms with Crippen LogP contribution in [0.1, 0.15) is 15.9 Å². The van der Waals surface area contributed by atoms with E-state index >= 15 is 0 Å². The fourth-order valence-electron chi connectivity index (χ4n) is 2.43. The molecule has 3 nitrogen and oxygen atoms in total. The first-order valence-corrected chi connectivity index (χ1v) is 7.42. The van der Waals surface area contributed by atoms with Gasteiger partial charge in [0.15, 0.2) is 5.78 Å². The summed E-state index contributed by atoms with van der Waals surface area (Å²) in [5.74, 6) is -0.0172. The molecular formula is C17H10N2OS. The quantitative estimate of drug-likeness (QED) is 0.522. The first-order valence-electron chi connectivity index (χ1n) is 6.54. The Hall–Kier alpha value is -2.59. The molecule has 0 aliphatic rings. The molecule has 0 fully saturated rings. The van der Waals surface area contributed by atoms with E-state index in [9.17, 15) is 4.79 Å². The van der Waals surface area contributed by atoms with E-state index in [1.807, 2.05) is 47.8 Å². The van der Waals surface area contributed by atoms with Gasteiger partial charge in [0.25, 0.3) is 0 Å². The predicted octanol–water partition coefficient (Wildman–Crippen LogP) is 4.08. The number of carbonyl (C=O) groups excluding carboxylic acids is 1. The molecule has 1 aromatic carbocycles. The molecule has 4 aromatic rings. The van der Waals surface area contributed by atoms with Crippen molar-refractivity contribution in [1.82, 2.24) is 9.97 Å². The Kier molecular flexibility index (Phi) is 2.75. The molecule has 0 saturated carbocycles. The Morgan fingerprint density at radius 1 is 1.00 bits per heavy atom. The molecule has 0 unspecified atom stereocenters. The largest absolute Gasteiger partial charge is 0.289 e. The summed E-state index contributed by atoms with van der Waals surface area (Å²) in [6.45, 7) is 0. The van der Waals surface area contributed by atoms with Gasteiger partial charge < -0.3 is 0 Å². The summed E-state index contributed by atoms with van der Waals surface area (Å²) in [5.41, 5.74) is 3.03. The molecule has 3 heterocycles. The van der Waals surface area contributed by atoms with Gasteiger partial charge in [0.05, 0.1) is 15.7 Å². The number of hydrogen-bond acceptors (Lipinski definition) is 4. The van der Waals surface area contributed by atoms with Gasteiger partial charge in [-0.2, -0.15) is 0 Å². The molecule has 0 N–H and O–H groups in total. The number of pyridine rings is 2. The van der Waals surface area contributed by atoms with Gasteiger partial charge in [0.1, 0.15) is 0 Å². The van der Waals surface area contributed by atoms with Gasteiger partial charge in [-0.25, -0.2) is 0 Å². The maximum atomic E-state index is 12.8. The number of benzene rings is 1. The highest BCUT2D eigenvalue weighted by Gasteiger charge is 2.13. The summed E-state index contributed by atoms with van der Waals surface area (Å²) in [5, 5.41) is 2.85. The van der Waals surface area contributed by atoms with E-state index in [1.54, 1.807) is 23.7 Å². The van der Waals surface area contributed by atoms with Crippen LogP contribution in [0.4, 0.5) is 0 Å². The molecule has 0 aliphatic heterocycles. The van der Waals surface area contributed by atoms with E-state index in [0.29, 0.717) is 11.1 Å². The third kappa shape index (κ3) is 2.00. The lowest BCUT2D eigenvalue weighted by molar-refractivity contribution is 0.104. The lowest BCUT2D eigenvalue weighted by Gasteiger charge is -2.05. The summed E-state index contributed by atoms with van der Waals surface area (Å²) in [7, 11) is 0. The van der Waals surface area contributed by atoms with Crippen molar-refractivity contribution < 1.29 is 4.79 Å². The van der Waals surface area contributed by atoms with Gasteiger partial charge in [0.2, 0.25) is 0 Å². The average molecular weight is 290 g/mol. The molecule has 0 atom stereocenters. The Bertz CT molecular complexity index is 969. The number of carbonyl (C=O) groups is 1. The third-order valence-corrected chi connectivity index (χ3v) is 4.31. The minimum Gasteiger partial charge on any atom is -0.289 e. The summed E-state index contributed by atoms with van der Waals surface area (Å²) in [6, 6.07) is 13.2. The number of fused-ring (bicyclic) bond motifs is 2. The van der Waals surface area contributed by atoms with Crippen molar-refractivity contribution in [1.29, 1.82) is 0 Å². The van der Waals surface area contributed by atoms with Gasteiger partial charge in [-0.05, 0) is 29.6 Å². The topological polar surface area (TPSA) is 42.9 Å². The van der Waals surface area contributed by atoms with Crippen LogP contribution >= 0.6 is 11.3 Å². The zero-order valence-electron chi connectivity index (χ0n) is 11.0. The molecule has 0 bridgehead atoms. The van der Waals surface area contributed by atoms with Crippen LogP contribution in [0.2, 0.25) is 0 Å². The SMILES string of the molecule is O=C(c1cnc2ccsc2c1)c1cccc2ncccc12. The fourth-order valence-corrected chi connectivity index (χ4v) is 3.21. The normalized spacial score (nSPS) is 11.0. The highest BCUT2D eigenvalue weighted by atomic mass is 32.1. The second kappa shape index (κ2) is 4.75. The van der Waals surface area contributed by atoms with Gasteiger partial charge in [-0.1, -0.05) is 18.2 Å². The number of thiophene rings is 1. The van der Waals surface area contributed by atoms with Gasteiger partial charge >= 0.3 is 0 Å². The van der Waals surface area contributed by atoms with Gasteiger partial charge in [-0.3, -0.25) is 14.8 Å². The molecule has 0 aliphatic carbocycles. The monoisotopic (exact) mass is 290 g/mol. The lowest BCUT2D eigenvalue weighted by Crippen LogP contribution is -2.02. The summed E-state index contributed by atoms with van der Waals surface area (Å²) >= 11 is 1.59. The van der Waals surface area contributed by atoms with Gasteiger partial charge in [-0.15, -0.1) is 11.3 Å². The summed E-state index contributed by atoms with van der Waals surface area (Å²) in [4.78, 5) is 21.4. The summed E-state index contributed by atoms with van der Waals surface area (Å²) in [6.07, 6.45) is 3.38. The van der Waals surface area contributed by atoms with Crippen LogP contribution in [0.3, 0.4) is 0 Å². The number of hydrogen-bond donors (Lipinski definition) is 0. The molecule has 0 spiro atoms. The first-order chi connectivity index (χ1) is 10.3. The van der Waals surface area contributed by atoms with Crippen molar-refractivity contribution in [3.8, 4) is 0 Å². The van der Waals surface area contributed by atoms with E-state index in [2.05, 4.69) is 9.97 Å². The Balaban J connectivity index is 1.89. The van der Waals surface area contributed by atoms with Crippen LogP contribution in [-0.2, 0) is 0 Å². The molecule has 100 valence electrons. The van der Waals surface area contributed by atoms with E-state index < -0.39 is 0 Å². The van der Waals surface area contributed by atoms with Gasteiger partial charge in [0, 0.05) is 28.9 Å². The molecule has 0 radical (unpaired) electrons. The minimum absolute atomic E-state index is 0.0172. The third-order valence-electron chi connectivity index (χ3n) is 3.46. The van der Waals surface area contributed by atoms with Crippen LogP contribution in [0.25, 0.3) is 21.1 Å². The molecule has 3 aromatic heterocycles. The first kappa shape index (κ1) is 12.2. The van der Waals surface area contributed by atoms with Crippen molar-refractivity contribution in [2.24, 2.45) is 0 Å². The van der Waals surface area contributed by atoms with Crippen LogP contribution < -0.4 is 0 Å². The van der Waals surface area contributed by atoms with Crippen molar-refractivity contribution in [2.75, 3.05) is 0 Å². The maximum Gasteiger partial charge on any atom is 0.195 e. The zero-order chi connectivity index (χ0) is 14.2. The molecular weight excluding hydrogens is 280 g/mol. The lowest BCUT2D eigenvalue weighted by atomic mass is 10.0. The fraction of sp³-hybridized carbons (Fsp3) is 0. The van der Waals surface area contributed by atoms with Crippen LogP contribution in [-0.4, -0.2) is 15.8 Å². The number of rotatable bonds is 2. The average Bonchev–Trinajstić information content (AvgIpc) is 3.01. The second-order valence-corrected chi connectivity index (χ2v) is 5.68. The molecule has 4 rings (SSSR count). The molecule has 0 saturated heterocycles. The Morgan fingerprint density at radius 2 is 1.95 bits per heavy atom. The van der Waals surface area contributed by atoms with E-state index in [-0.39, 0.29) is 5.78 Å². The smallest absolute Gasteiger partial charge is 0.195 e. The second-order valence-electron chi connectivity index (χ2n) is 4.73. The van der Waals surface area contributed by atoms with Crippen LogP contribution in [0.5, 0.6) is 0 Å². The van der Waals surface area contributed by atoms with Crippen molar-refractivity contribution in [3.05, 3.63) is 71.4 Å². The maximum absolute atomic E-state index is 12.8. The zero-order valence-corrected chi connectivity index (χ0v) is 11.8. The van der Waals surface area contributed by atoms with Crippen LogP contribution in [0, 0.1) is 0 Å².